The number of hydrogen-bond acceptors (Lipinski definition) is 2. The van der Waals surface area contributed by atoms with Crippen molar-refractivity contribution in [3.05, 3.63) is 0 Å². The second kappa shape index (κ2) is 8.10. The van der Waals surface area contributed by atoms with Gasteiger partial charge in [0.1, 0.15) is 0 Å². The molecule has 3 atom stereocenters. The van der Waals surface area contributed by atoms with Crippen molar-refractivity contribution in [2.24, 2.45) is 5.92 Å². The predicted octanol–water partition coefficient (Wildman–Crippen LogP) is 3.28. The van der Waals surface area contributed by atoms with Gasteiger partial charge in [0.15, 0.2) is 0 Å². The van der Waals surface area contributed by atoms with Crippen LogP contribution in [0.4, 0.5) is 0 Å². The van der Waals surface area contributed by atoms with Gasteiger partial charge in [-0.15, -0.1) is 0 Å². The van der Waals surface area contributed by atoms with Crippen molar-refractivity contribution in [1.29, 1.82) is 0 Å². The van der Waals surface area contributed by atoms with Crippen molar-refractivity contribution < 1.29 is 0 Å². The molecular weight excluding hydrogens is 208 g/mol. The summed E-state index contributed by atoms with van der Waals surface area (Å²) in [6.45, 7) is 9.59. The maximum Gasteiger partial charge on any atom is 0.0104 e. The van der Waals surface area contributed by atoms with Gasteiger partial charge in [-0.3, -0.25) is 0 Å². The van der Waals surface area contributed by atoms with Gasteiger partial charge in [-0.25, -0.2) is 0 Å². The van der Waals surface area contributed by atoms with Crippen LogP contribution in [-0.4, -0.2) is 37.1 Å². The molecule has 17 heavy (non-hydrogen) atoms. The highest BCUT2D eigenvalue weighted by Gasteiger charge is 2.28. The van der Waals surface area contributed by atoms with Crippen LogP contribution in [0.1, 0.15) is 59.3 Å². The van der Waals surface area contributed by atoms with E-state index >= 15 is 0 Å². The van der Waals surface area contributed by atoms with Crippen molar-refractivity contribution in [3.63, 3.8) is 0 Å². The molecule has 0 aromatic rings. The van der Waals surface area contributed by atoms with Gasteiger partial charge < -0.3 is 10.2 Å². The summed E-state index contributed by atoms with van der Waals surface area (Å²) in [7, 11) is 2.13. The quantitative estimate of drug-likeness (QED) is 0.700. The molecule has 0 saturated heterocycles. The number of nitrogens with one attached hydrogen (secondary N) is 1. The molecule has 1 aliphatic rings. The normalized spacial score (nSPS) is 26.6. The van der Waals surface area contributed by atoms with Gasteiger partial charge in [-0.1, -0.05) is 26.7 Å². The predicted molar refractivity (Wildman–Crippen MR) is 76.4 cm³/mol. The summed E-state index contributed by atoms with van der Waals surface area (Å²) in [5.41, 5.74) is 0. The molecule has 1 aliphatic carbocycles. The lowest BCUT2D eigenvalue weighted by Gasteiger charge is -2.32. The maximum absolute atomic E-state index is 3.51. The lowest BCUT2D eigenvalue weighted by atomic mass is 10.0. The third-order valence-corrected chi connectivity index (χ3v) is 4.51. The fraction of sp³-hybridized carbons (Fsp3) is 1.00. The monoisotopic (exact) mass is 240 g/mol. The first-order chi connectivity index (χ1) is 8.22. The van der Waals surface area contributed by atoms with Crippen LogP contribution in [-0.2, 0) is 0 Å². The molecule has 0 radical (unpaired) electrons. The zero-order chi connectivity index (χ0) is 12.7. The molecular formula is C15H32N2. The van der Waals surface area contributed by atoms with Crippen LogP contribution in [0.3, 0.4) is 0 Å². The van der Waals surface area contributed by atoms with Crippen LogP contribution in [0.25, 0.3) is 0 Å². The molecule has 2 nitrogen and oxygen atoms in total. The molecule has 0 spiro atoms. The molecule has 0 bridgehead atoms. The smallest absolute Gasteiger partial charge is 0.0104 e. The molecule has 0 heterocycles. The first-order valence-electron chi connectivity index (χ1n) is 7.64. The Morgan fingerprint density at radius 2 is 2.06 bits per heavy atom. The molecule has 1 N–H and O–H groups in total. The van der Waals surface area contributed by atoms with Crippen molar-refractivity contribution >= 4 is 0 Å². The largest absolute Gasteiger partial charge is 0.317 e. The van der Waals surface area contributed by atoms with Gasteiger partial charge >= 0.3 is 0 Å². The zero-order valence-electron chi connectivity index (χ0n) is 12.3. The maximum atomic E-state index is 3.51. The van der Waals surface area contributed by atoms with Gasteiger partial charge in [-0.2, -0.15) is 0 Å². The third-order valence-electron chi connectivity index (χ3n) is 4.51. The summed E-state index contributed by atoms with van der Waals surface area (Å²) in [6, 6.07) is 1.52. The molecule has 0 aromatic carbocycles. The second-order valence-electron chi connectivity index (χ2n) is 5.69. The van der Waals surface area contributed by atoms with E-state index in [0.717, 1.165) is 18.0 Å². The highest BCUT2D eigenvalue weighted by Crippen LogP contribution is 2.27. The molecule has 1 rings (SSSR count). The Balaban J connectivity index is 2.46. The van der Waals surface area contributed by atoms with E-state index in [1.54, 1.807) is 0 Å². The third kappa shape index (κ3) is 4.59. The summed E-state index contributed by atoms with van der Waals surface area (Å²) < 4.78 is 0. The van der Waals surface area contributed by atoms with E-state index in [9.17, 15) is 0 Å². The summed E-state index contributed by atoms with van der Waals surface area (Å²) in [4.78, 5) is 2.73. The summed E-state index contributed by atoms with van der Waals surface area (Å²) in [5.74, 6) is 0.880. The molecule has 0 aliphatic heterocycles. The van der Waals surface area contributed by atoms with E-state index in [4.69, 9.17) is 0 Å². The van der Waals surface area contributed by atoms with Crippen LogP contribution in [0.15, 0.2) is 0 Å². The molecule has 0 aromatic heterocycles. The summed E-state index contributed by atoms with van der Waals surface area (Å²) in [5, 5.41) is 3.51. The first kappa shape index (κ1) is 15.0. The number of unbranched alkanes of at least 4 members (excludes halogenated alkanes) is 1. The minimum Gasteiger partial charge on any atom is -0.317 e. The van der Waals surface area contributed by atoms with Crippen molar-refractivity contribution in [2.45, 2.75) is 71.4 Å². The van der Waals surface area contributed by atoms with Crippen molar-refractivity contribution in [2.75, 3.05) is 20.1 Å². The van der Waals surface area contributed by atoms with Gasteiger partial charge in [0.05, 0.1) is 0 Å². The SMILES string of the molecule is CCCCN(CC1CCCC1NC)C(C)CC. The van der Waals surface area contributed by atoms with Gasteiger partial charge in [0, 0.05) is 18.6 Å². The lowest BCUT2D eigenvalue weighted by Crippen LogP contribution is -2.42. The van der Waals surface area contributed by atoms with Crippen molar-refractivity contribution in [1.82, 2.24) is 10.2 Å². The minimum absolute atomic E-state index is 0.750. The summed E-state index contributed by atoms with van der Waals surface area (Å²) in [6.07, 6.45) is 8.15. The Kier molecular flexibility index (Phi) is 7.14. The van der Waals surface area contributed by atoms with E-state index in [0.29, 0.717) is 0 Å². The van der Waals surface area contributed by atoms with Gasteiger partial charge in [-0.05, 0) is 52.1 Å². The van der Waals surface area contributed by atoms with Crippen LogP contribution in [0, 0.1) is 5.92 Å². The highest BCUT2D eigenvalue weighted by molar-refractivity contribution is 4.85. The Bertz CT molecular complexity index is 193. The van der Waals surface area contributed by atoms with Crippen LogP contribution in [0.2, 0.25) is 0 Å². The Morgan fingerprint density at radius 3 is 2.65 bits per heavy atom. The molecule has 3 unspecified atom stereocenters. The Hall–Kier alpha value is -0.0800. The Labute approximate surface area is 108 Å². The minimum atomic E-state index is 0.750. The van der Waals surface area contributed by atoms with Crippen LogP contribution < -0.4 is 5.32 Å². The van der Waals surface area contributed by atoms with Crippen molar-refractivity contribution in [3.8, 4) is 0 Å². The van der Waals surface area contributed by atoms with Gasteiger partial charge in [0.2, 0.25) is 0 Å². The first-order valence-corrected chi connectivity index (χ1v) is 7.64. The fourth-order valence-corrected chi connectivity index (χ4v) is 3.05. The molecule has 2 heteroatoms. The second-order valence-corrected chi connectivity index (χ2v) is 5.69. The van der Waals surface area contributed by atoms with E-state index in [2.05, 4.69) is 38.0 Å². The van der Waals surface area contributed by atoms with E-state index in [1.807, 2.05) is 0 Å². The summed E-state index contributed by atoms with van der Waals surface area (Å²) >= 11 is 0. The Morgan fingerprint density at radius 1 is 1.29 bits per heavy atom. The number of rotatable bonds is 8. The number of hydrogen-bond donors (Lipinski definition) is 1. The van der Waals surface area contributed by atoms with E-state index < -0.39 is 0 Å². The van der Waals surface area contributed by atoms with E-state index in [1.165, 1.54) is 51.6 Å². The highest BCUT2D eigenvalue weighted by atomic mass is 15.2. The molecule has 1 fully saturated rings. The van der Waals surface area contributed by atoms with E-state index in [-0.39, 0.29) is 0 Å². The zero-order valence-corrected chi connectivity index (χ0v) is 12.3. The standard InChI is InChI=1S/C15H32N2/c1-5-7-11-17(13(3)6-2)12-14-9-8-10-15(14)16-4/h13-16H,5-12H2,1-4H3. The molecule has 102 valence electrons. The lowest BCUT2D eigenvalue weighted by molar-refractivity contribution is 0.161. The fourth-order valence-electron chi connectivity index (χ4n) is 3.05. The molecule has 1 saturated carbocycles. The van der Waals surface area contributed by atoms with Crippen LogP contribution >= 0.6 is 0 Å². The van der Waals surface area contributed by atoms with Crippen LogP contribution in [0.5, 0.6) is 0 Å². The topological polar surface area (TPSA) is 15.3 Å². The average Bonchev–Trinajstić information content (AvgIpc) is 2.80. The van der Waals surface area contributed by atoms with Gasteiger partial charge in [0.25, 0.3) is 0 Å². The average molecular weight is 240 g/mol. The molecule has 0 amide bonds. The number of nitrogens with zero attached hydrogens (tertiary/aromatic N) is 1.